The SMILES string of the molecule is O=C(CN(c1cc(C(F)(F)F)ccc1Cl)S(=O)(=O)c1ccccc1)N/N=C/c1cccc(OC2CSC2)c1. The molecule has 38 heavy (non-hydrogen) atoms. The second-order valence-electron chi connectivity index (χ2n) is 8.13. The summed E-state index contributed by atoms with van der Waals surface area (Å²) in [5, 5.41) is 3.58. The molecule has 200 valence electrons. The molecular weight excluding hydrogens is 563 g/mol. The number of sulfonamides is 1. The molecule has 1 fully saturated rings. The molecular formula is C25H21ClF3N3O4S2. The third-order valence-corrected chi connectivity index (χ3v) is 8.64. The minimum atomic E-state index is -4.76. The molecule has 1 saturated heterocycles. The Labute approximate surface area is 226 Å². The van der Waals surface area contributed by atoms with E-state index in [-0.39, 0.29) is 16.0 Å². The Morgan fingerprint density at radius 2 is 1.84 bits per heavy atom. The standard InChI is InChI=1S/C25H21ClF3N3O4S2/c26-22-10-9-18(25(27,28)29)12-23(22)32(38(34,35)21-7-2-1-3-8-21)14-24(33)31-30-13-17-5-4-6-19(11-17)36-20-15-37-16-20/h1-13,20H,14-16H2,(H,31,33)/b30-13+. The van der Waals surface area contributed by atoms with Crippen LogP contribution in [0, 0.1) is 0 Å². The highest BCUT2D eigenvalue weighted by molar-refractivity contribution is 8.00. The number of nitrogens with zero attached hydrogens (tertiary/aromatic N) is 2. The monoisotopic (exact) mass is 583 g/mol. The van der Waals surface area contributed by atoms with E-state index in [1.807, 2.05) is 0 Å². The summed E-state index contributed by atoms with van der Waals surface area (Å²) in [7, 11) is -4.47. The van der Waals surface area contributed by atoms with Gasteiger partial charge in [0.15, 0.2) is 0 Å². The molecule has 1 amide bonds. The maximum atomic E-state index is 13.4. The number of anilines is 1. The Hall–Kier alpha value is -3.22. The van der Waals surface area contributed by atoms with E-state index < -0.39 is 39.9 Å². The van der Waals surface area contributed by atoms with E-state index in [0.717, 1.165) is 23.6 Å². The second-order valence-corrected chi connectivity index (χ2v) is 11.5. The van der Waals surface area contributed by atoms with E-state index in [4.69, 9.17) is 16.3 Å². The second kappa shape index (κ2) is 11.7. The van der Waals surface area contributed by atoms with Crippen LogP contribution in [0.5, 0.6) is 5.75 Å². The van der Waals surface area contributed by atoms with Gasteiger partial charge in [0.05, 0.1) is 27.4 Å². The van der Waals surface area contributed by atoms with Crippen molar-refractivity contribution in [2.45, 2.75) is 17.2 Å². The number of alkyl halides is 3. The van der Waals surface area contributed by atoms with Crippen molar-refractivity contribution >= 4 is 51.2 Å². The molecule has 0 saturated carbocycles. The molecule has 3 aromatic rings. The van der Waals surface area contributed by atoms with Crippen LogP contribution >= 0.6 is 23.4 Å². The van der Waals surface area contributed by atoms with E-state index in [0.29, 0.717) is 21.7 Å². The van der Waals surface area contributed by atoms with E-state index in [1.54, 1.807) is 42.1 Å². The molecule has 0 aromatic heterocycles. The van der Waals surface area contributed by atoms with Crippen LogP contribution < -0.4 is 14.5 Å². The first-order valence-corrected chi connectivity index (χ1v) is 14.1. The van der Waals surface area contributed by atoms with Crippen LogP contribution in [0.1, 0.15) is 11.1 Å². The smallest absolute Gasteiger partial charge is 0.416 e. The van der Waals surface area contributed by atoms with Crippen molar-refractivity contribution in [2.24, 2.45) is 5.10 Å². The number of thioether (sulfide) groups is 1. The van der Waals surface area contributed by atoms with E-state index >= 15 is 0 Å². The average molecular weight is 584 g/mol. The fourth-order valence-corrected chi connectivity index (χ4v) is 5.67. The van der Waals surface area contributed by atoms with Crippen molar-refractivity contribution in [1.82, 2.24) is 5.43 Å². The third-order valence-electron chi connectivity index (χ3n) is 5.33. The number of carbonyl (C=O) groups excluding carboxylic acids is 1. The Kier molecular flexibility index (Phi) is 8.54. The summed E-state index contributed by atoms with van der Waals surface area (Å²) in [6.07, 6.45) is -3.27. The van der Waals surface area contributed by atoms with Gasteiger partial charge in [-0.3, -0.25) is 9.10 Å². The molecule has 0 spiro atoms. The molecule has 0 atom stereocenters. The molecule has 0 bridgehead atoms. The third kappa shape index (κ3) is 6.80. The van der Waals surface area contributed by atoms with E-state index in [9.17, 15) is 26.4 Å². The first kappa shape index (κ1) is 27.8. The van der Waals surface area contributed by atoms with Gasteiger partial charge in [-0.25, -0.2) is 13.8 Å². The number of amides is 1. The maximum absolute atomic E-state index is 13.4. The Morgan fingerprint density at radius 3 is 2.50 bits per heavy atom. The Balaban J connectivity index is 1.56. The first-order chi connectivity index (χ1) is 18.0. The number of ether oxygens (including phenoxy) is 1. The predicted molar refractivity (Wildman–Crippen MR) is 141 cm³/mol. The summed E-state index contributed by atoms with van der Waals surface area (Å²) in [5.74, 6) is 1.57. The summed E-state index contributed by atoms with van der Waals surface area (Å²) in [4.78, 5) is 12.5. The minimum Gasteiger partial charge on any atom is -0.489 e. The topological polar surface area (TPSA) is 88.1 Å². The molecule has 1 aliphatic heterocycles. The van der Waals surface area contributed by atoms with E-state index in [1.165, 1.54) is 30.5 Å². The number of hydrazone groups is 1. The van der Waals surface area contributed by atoms with Gasteiger partial charge in [0.2, 0.25) is 0 Å². The number of halogens is 4. The number of nitrogens with one attached hydrogen (secondary N) is 1. The zero-order valence-corrected chi connectivity index (χ0v) is 21.9. The normalized spacial score (nSPS) is 14.2. The highest BCUT2D eigenvalue weighted by Crippen LogP contribution is 2.37. The molecule has 0 unspecified atom stereocenters. The highest BCUT2D eigenvalue weighted by atomic mass is 35.5. The molecule has 1 heterocycles. The van der Waals surface area contributed by atoms with Gasteiger partial charge >= 0.3 is 6.18 Å². The van der Waals surface area contributed by atoms with Crippen molar-refractivity contribution in [3.63, 3.8) is 0 Å². The van der Waals surface area contributed by atoms with Crippen LogP contribution in [-0.2, 0) is 21.0 Å². The zero-order valence-electron chi connectivity index (χ0n) is 19.6. The summed E-state index contributed by atoms with van der Waals surface area (Å²) < 4.78 is 73.2. The molecule has 1 N–H and O–H groups in total. The fraction of sp³-hybridized carbons (Fsp3) is 0.200. The molecule has 0 radical (unpaired) electrons. The van der Waals surface area contributed by atoms with Crippen molar-refractivity contribution in [1.29, 1.82) is 0 Å². The summed E-state index contributed by atoms with van der Waals surface area (Å²) >= 11 is 7.90. The summed E-state index contributed by atoms with van der Waals surface area (Å²) in [6.45, 7) is -0.877. The van der Waals surface area contributed by atoms with Gasteiger partial charge in [0.25, 0.3) is 15.9 Å². The van der Waals surface area contributed by atoms with Crippen molar-refractivity contribution in [3.8, 4) is 5.75 Å². The number of hydrogen-bond acceptors (Lipinski definition) is 6. The van der Waals surface area contributed by atoms with Crippen molar-refractivity contribution < 1.29 is 31.1 Å². The van der Waals surface area contributed by atoms with Crippen LogP contribution in [0.2, 0.25) is 5.02 Å². The predicted octanol–water partition coefficient (Wildman–Crippen LogP) is 5.20. The molecule has 1 aliphatic rings. The van der Waals surface area contributed by atoms with Gasteiger partial charge in [-0.2, -0.15) is 30.0 Å². The van der Waals surface area contributed by atoms with Crippen LogP contribution in [-0.4, -0.2) is 44.7 Å². The number of hydrogen-bond donors (Lipinski definition) is 1. The van der Waals surface area contributed by atoms with Gasteiger partial charge in [-0.1, -0.05) is 41.9 Å². The molecule has 0 aliphatic carbocycles. The average Bonchev–Trinajstić information content (AvgIpc) is 2.85. The minimum absolute atomic E-state index is 0.145. The quantitative estimate of drug-likeness (QED) is 0.276. The lowest BCUT2D eigenvalue weighted by atomic mass is 10.2. The van der Waals surface area contributed by atoms with Gasteiger partial charge < -0.3 is 4.74 Å². The van der Waals surface area contributed by atoms with Crippen LogP contribution in [0.3, 0.4) is 0 Å². The van der Waals surface area contributed by atoms with Crippen LogP contribution in [0.25, 0.3) is 0 Å². The van der Waals surface area contributed by atoms with Gasteiger partial charge in [0.1, 0.15) is 18.4 Å². The van der Waals surface area contributed by atoms with Gasteiger partial charge in [-0.05, 0) is 48.0 Å². The lowest BCUT2D eigenvalue weighted by Gasteiger charge is -2.25. The van der Waals surface area contributed by atoms with E-state index in [2.05, 4.69) is 10.5 Å². The lowest BCUT2D eigenvalue weighted by Crippen LogP contribution is -2.40. The van der Waals surface area contributed by atoms with Gasteiger partial charge in [0, 0.05) is 11.5 Å². The summed E-state index contributed by atoms with van der Waals surface area (Å²) in [6, 6.07) is 16.3. The fourth-order valence-electron chi connectivity index (χ4n) is 3.39. The van der Waals surface area contributed by atoms with Crippen LogP contribution in [0.4, 0.5) is 18.9 Å². The molecule has 3 aromatic carbocycles. The highest BCUT2D eigenvalue weighted by Gasteiger charge is 2.34. The molecule has 4 rings (SSSR count). The number of carbonyl (C=O) groups is 1. The molecule has 7 nitrogen and oxygen atoms in total. The number of benzene rings is 3. The van der Waals surface area contributed by atoms with Crippen molar-refractivity contribution in [3.05, 3.63) is 88.9 Å². The first-order valence-electron chi connectivity index (χ1n) is 11.1. The Morgan fingerprint density at radius 1 is 1.11 bits per heavy atom. The zero-order chi connectivity index (χ0) is 27.3. The number of rotatable bonds is 9. The maximum Gasteiger partial charge on any atom is 0.416 e. The largest absolute Gasteiger partial charge is 0.489 e. The Bertz CT molecular complexity index is 1430. The lowest BCUT2D eigenvalue weighted by molar-refractivity contribution is -0.137. The van der Waals surface area contributed by atoms with Crippen LogP contribution in [0.15, 0.2) is 82.8 Å². The molecule has 13 heteroatoms. The van der Waals surface area contributed by atoms with Gasteiger partial charge in [-0.15, -0.1) is 0 Å². The van der Waals surface area contributed by atoms with Crippen molar-refractivity contribution in [2.75, 3.05) is 22.4 Å². The summed E-state index contributed by atoms with van der Waals surface area (Å²) in [5.41, 5.74) is 1.22.